The first-order chi connectivity index (χ1) is 11.4. The third kappa shape index (κ3) is 4.47. The number of Topliss-reactive ketones (excluding diaryl/α,β-unsaturated/α-hetero) is 1. The first-order valence-corrected chi connectivity index (χ1v) is 8.00. The number of ketones is 1. The van der Waals surface area contributed by atoms with Crippen LogP contribution in [0.4, 0.5) is 8.78 Å². The van der Waals surface area contributed by atoms with Crippen LogP contribution in [0, 0.1) is 0 Å². The Labute approximate surface area is 145 Å². The van der Waals surface area contributed by atoms with E-state index in [1.54, 1.807) is 13.0 Å². The second-order valence-electron chi connectivity index (χ2n) is 4.93. The molecule has 0 radical (unpaired) electrons. The highest BCUT2D eigenvalue weighted by Gasteiger charge is 2.22. The van der Waals surface area contributed by atoms with Crippen LogP contribution in [0.2, 0.25) is 0 Å². The van der Waals surface area contributed by atoms with E-state index in [4.69, 9.17) is 4.74 Å². The number of benzene rings is 1. The molecular formula is C16H15BrF2N2O3. The highest BCUT2D eigenvalue weighted by atomic mass is 79.9. The van der Waals surface area contributed by atoms with E-state index in [0.29, 0.717) is 10.2 Å². The van der Waals surface area contributed by atoms with Gasteiger partial charge in [0.25, 0.3) is 0 Å². The van der Waals surface area contributed by atoms with Crippen LogP contribution in [0.15, 0.2) is 34.9 Å². The minimum Gasteiger partial charge on any atom is -0.466 e. The summed E-state index contributed by atoms with van der Waals surface area (Å²) in [5.41, 5.74) is 1.01. The number of ether oxygens (including phenoxy) is 1. The Bertz CT molecular complexity index is 747. The van der Waals surface area contributed by atoms with Gasteiger partial charge in [-0.3, -0.25) is 9.59 Å². The van der Waals surface area contributed by atoms with E-state index in [9.17, 15) is 18.4 Å². The molecule has 2 rings (SSSR count). The molecule has 0 aliphatic carbocycles. The van der Waals surface area contributed by atoms with Gasteiger partial charge in [-0.25, -0.2) is 4.68 Å². The lowest BCUT2D eigenvalue weighted by molar-refractivity contribution is -0.141. The van der Waals surface area contributed by atoms with E-state index in [1.807, 2.05) is 18.2 Å². The lowest BCUT2D eigenvalue weighted by atomic mass is 10.0. The average Bonchev–Trinajstić information content (AvgIpc) is 2.94. The van der Waals surface area contributed by atoms with Crippen molar-refractivity contribution in [2.75, 3.05) is 6.61 Å². The maximum Gasteiger partial charge on any atom is 0.333 e. The van der Waals surface area contributed by atoms with Gasteiger partial charge in [0, 0.05) is 22.7 Å². The van der Waals surface area contributed by atoms with Crippen molar-refractivity contribution in [2.24, 2.45) is 0 Å². The molecular weight excluding hydrogens is 386 g/mol. The molecule has 0 fully saturated rings. The lowest BCUT2D eigenvalue weighted by Crippen LogP contribution is -2.13. The van der Waals surface area contributed by atoms with Crippen LogP contribution in [0.1, 0.15) is 41.5 Å². The maximum absolute atomic E-state index is 12.9. The normalized spacial score (nSPS) is 10.9. The summed E-state index contributed by atoms with van der Waals surface area (Å²) in [6.45, 7) is -1.11. The summed E-state index contributed by atoms with van der Waals surface area (Å²) < 4.78 is 31.8. The third-order valence-electron chi connectivity index (χ3n) is 3.22. The van der Waals surface area contributed by atoms with Gasteiger partial charge in [0.15, 0.2) is 5.78 Å². The third-order valence-corrected chi connectivity index (χ3v) is 3.99. The summed E-state index contributed by atoms with van der Waals surface area (Å²) in [6, 6.07) is 7.25. The second-order valence-corrected chi connectivity index (χ2v) is 5.79. The molecule has 0 N–H and O–H groups in total. The molecule has 1 heterocycles. The van der Waals surface area contributed by atoms with E-state index >= 15 is 0 Å². The zero-order valence-electron chi connectivity index (χ0n) is 12.8. The molecule has 1 aromatic carbocycles. The fourth-order valence-electron chi connectivity index (χ4n) is 2.17. The van der Waals surface area contributed by atoms with Crippen molar-refractivity contribution in [3.8, 4) is 0 Å². The SMILES string of the molecule is CCOC(=O)CC(=O)c1nn(C(F)F)cc1Cc1ccccc1Br. The van der Waals surface area contributed by atoms with Crippen molar-refractivity contribution < 1.29 is 23.1 Å². The van der Waals surface area contributed by atoms with Gasteiger partial charge in [-0.05, 0) is 18.6 Å². The molecule has 0 saturated heterocycles. The van der Waals surface area contributed by atoms with Crippen LogP contribution < -0.4 is 0 Å². The fourth-order valence-corrected chi connectivity index (χ4v) is 2.59. The van der Waals surface area contributed by atoms with Gasteiger partial charge < -0.3 is 4.74 Å². The van der Waals surface area contributed by atoms with Crippen LogP contribution in [0.5, 0.6) is 0 Å². The van der Waals surface area contributed by atoms with Crippen molar-refractivity contribution in [1.82, 2.24) is 9.78 Å². The molecule has 0 saturated carbocycles. The largest absolute Gasteiger partial charge is 0.466 e. The van der Waals surface area contributed by atoms with E-state index < -0.39 is 24.7 Å². The number of hydrogen-bond acceptors (Lipinski definition) is 4. The molecule has 5 nitrogen and oxygen atoms in total. The minimum atomic E-state index is -2.87. The van der Waals surface area contributed by atoms with E-state index in [1.165, 1.54) is 0 Å². The molecule has 0 bridgehead atoms. The van der Waals surface area contributed by atoms with Gasteiger partial charge in [0.1, 0.15) is 12.1 Å². The Balaban J connectivity index is 2.31. The first-order valence-electron chi connectivity index (χ1n) is 7.20. The summed E-state index contributed by atoms with van der Waals surface area (Å²) in [6.07, 6.45) is 0.831. The number of nitrogens with zero attached hydrogens (tertiary/aromatic N) is 2. The predicted molar refractivity (Wildman–Crippen MR) is 86.0 cm³/mol. The quantitative estimate of drug-likeness (QED) is 0.403. The van der Waals surface area contributed by atoms with Crippen LogP contribution in [-0.4, -0.2) is 28.1 Å². The van der Waals surface area contributed by atoms with Gasteiger partial charge in [-0.1, -0.05) is 34.1 Å². The molecule has 0 aliphatic heterocycles. The Morgan fingerprint density at radius 1 is 1.29 bits per heavy atom. The number of esters is 1. The van der Waals surface area contributed by atoms with Crippen molar-refractivity contribution in [1.29, 1.82) is 0 Å². The molecule has 128 valence electrons. The average molecular weight is 401 g/mol. The molecule has 24 heavy (non-hydrogen) atoms. The van der Waals surface area contributed by atoms with Crippen molar-refractivity contribution >= 4 is 27.7 Å². The molecule has 2 aromatic rings. The molecule has 1 aromatic heterocycles. The van der Waals surface area contributed by atoms with Crippen molar-refractivity contribution in [3.63, 3.8) is 0 Å². The Morgan fingerprint density at radius 2 is 2.00 bits per heavy atom. The van der Waals surface area contributed by atoms with Crippen molar-refractivity contribution in [2.45, 2.75) is 26.3 Å². The first kappa shape index (κ1) is 18.3. The summed E-state index contributed by atoms with van der Waals surface area (Å²) in [4.78, 5) is 23.7. The summed E-state index contributed by atoms with van der Waals surface area (Å²) >= 11 is 3.38. The summed E-state index contributed by atoms with van der Waals surface area (Å²) in [5.74, 6) is -1.35. The monoisotopic (exact) mass is 400 g/mol. The fraction of sp³-hybridized carbons (Fsp3) is 0.312. The summed E-state index contributed by atoms with van der Waals surface area (Å²) in [5, 5.41) is 3.64. The zero-order valence-corrected chi connectivity index (χ0v) is 14.4. The predicted octanol–water partition coefficient (Wildman–Crippen LogP) is 3.77. The summed E-state index contributed by atoms with van der Waals surface area (Å²) in [7, 11) is 0. The minimum absolute atomic E-state index is 0.140. The standard InChI is InChI=1S/C16H15BrF2N2O3/c1-2-24-14(23)8-13(22)15-11(9-21(20-15)16(18)19)7-10-5-3-4-6-12(10)17/h3-6,9,16H,2,7-8H2,1H3. The van der Waals surface area contributed by atoms with Crippen LogP contribution in [0.3, 0.4) is 0 Å². The lowest BCUT2D eigenvalue weighted by Gasteiger charge is -2.04. The Hall–Kier alpha value is -2.09. The molecule has 0 aliphatic rings. The van der Waals surface area contributed by atoms with Crippen LogP contribution >= 0.6 is 15.9 Å². The number of carbonyl (C=O) groups is 2. The molecule has 0 unspecified atom stereocenters. The van der Waals surface area contributed by atoms with E-state index in [-0.39, 0.29) is 18.7 Å². The van der Waals surface area contributed by atoms with Crippen LogP contribution in [-0.2, 0) is 16.0 Å². The van der Waals surface area contributed by atoms with Crippen LogP contribution in [0.25, 0.3) is 0 Å². The number of carbonyl (C=O) groups excluding carboxylic acids is 2. The van der Waals surface area contributed by atoms with Gasteiger partial charge in [-0.2, -0.15) is 13.9 Å². The smallest absolute Gasteiger partial charge is 0.333 e. The Kier molecular flexibility index (Phi) is 6.19. The van der Waals surface area contributed by atoms with Gasteiger partial charge in [0.2, 0.25) is 0 Å². The van der Waals surface area contributed by atoms with Gasteiger partial charge in [0.05, 0.1) is 6.61 Å². The van der Waals surface area contributed by atoms with E-state index in [0.717, 1.165) is 16.2 Å². The number of alkyl halides is 2. The Morgan fingerprint density at radius 3 is 2.62 bits per heavy atom. The van der Waals surface area contributed by atoms with E-state index in [2.05, 4.69) is 21.0 Å². The number of halogens is 3. The highest BCUT2D eigenvalue weighted by molar-refractivity contribution is 9.10. The number of hydrogen-bond donors (Lipinski definition) is 0. The van der Waals surface area contributed by atoms with Gasteiger partial charge >= 0.3 is 12.5 Å². The maximum atomic E-state index is 12.9. The molecule has 0 amide bonds. The molecule has 8 heteroatoms. The second kappa shape index (κ2) is 8.14. The number of aromatic nitrogens is 2. The molecule has 0 atom stereocenters. The zero-order chi connectivity index (χ0) is 17.7. The highest BCUT2D eigenvalue weighted by Crippen LogP contribution is 2.23. The van der Waals surface area contributed by atoms with Crippen molar-refractivity contribution in [3.05, 3.63) is 51.8 Å². The topological polar surface area (TPSA) is 61.2 Å². The van der Waals surface area contributed by atoms with Gasteiger partial charge in [-0.15, -0.1) is 0 Å². The molecule has 0 spiro atoms. The number of rotatable bonds is 7.